The van der Waals surface area contributed by atoms with Gasteiger partial charge in [0.2, 0.25) is 0 Å². The SMILES string of the molecule is CC1(C)CCC(OC(=O)c2ccccc2)C(C)(C)N1[O]. The Bertz CT molecular complexity index is 482. The van der Waals surface area contributed by atoms with Gasteiger partial charge in [0.15, 0.2) is 0 Å². The first-order valence-electron chi connectivity index (χ1n) is 6.98. The number of nitrogens with zero attached hydrogens (tertiary/aromatic N) is 1. The number of esters is 1. The van der Waals surface area contributed by atoms with E-state index < -0.39 is 11.1 Å². The smallest absolute Gasteiger partial charge is 0.338 e. The molecule has 20 heavy (non-hydrogen) atoms. The number of rotatable bonds is 2. The van der Waals surface area contributed by atoms with Gasteiger partial charge in [0.1, 0.15) is 6.10 Å². The highest BCUT2D eigenvalue weighted by atomic mass is 16.6. The first-order chi connectivity index (χ1) is 9.25. The van der Waals surface area contributed by atoms with Gasteiger partial charge in [0.25, 0.3) is 0 Å². The van der Waals surface area contributed by atoms with Gasteiger partial charge in [-0.1, -0.05) is 18.2 Å². The molecule has 109 valence electrons. The van der Waals surface area contributed by atoms with Crippen LogP contribution in [0, 0.1) is 0 Å². The highest BCUT2D eigenvalue weighted by molar-refractivity contribution is 5.89. The van der Waals surface area contributed by atoms with Gasteiger partial charge in [0, 0.05) is 5.54 Å². The summed E-state index contributed by atoms with van der Waals surface area (Å²) in [4.78, 5) is 12.1. The third-order valence-electron chi connectivity index (χ3n) is 4.14. The fourth-order valence-electron chi connectivity index (χ4n) is 2.82. The lowest BCUT2D eigenvalue weighted by atomic mass is 9.80. The topological polar surface area (TPSA) is 49.4 Å². The number of hydrogen-bond donors (Lipinski definition) is 0. The normalized spacial score (nSPS) is 25.1. The van der Waals surface area contributed by atoms with Crippen molar-refractivity contribution in [2.45, 2.75) is 57.7 Å². The van der Waals surface area contributed by atoms with Crippen molar-refractivity contribution >= 4 is 5.97 Å². The molecule has 1 fully saturated rings. The number of carbonyl (C=O) groups excluding carboxylic acids is 1. The minimum atomic E-state index is -0.716. The molecule has 0 aromatic heterocycles. The molecule has 1 aliphatic rings. The Morgan fingerprint density at radius 1 is 1.20 bits per heavy atom. The van der Waals surface area contributed by atoms with Crippen LogP contribution in [0.5, 0.6) is 0 Å². The molecule has 1 saturated heterocycles. The molecule has 4 nitrogen and oxygen atoms in total. The summed E-state index contributed by atoms with van der Waals surface area (Å²) in [7, 11) is 0. The minimum Gasteiger partial charge on any atom is -0.457 e. The Balaban J connectivity index is 2.12. The molecule has 0 bridgehead atoms. The van der Waals surface area contributed by atoms with Crippen LogP contribution in [0.3, 0.4) is 0 Å². The summed E-state index contributed by atoms with van der Waals surface area (Å²) in [5.41, 5.74) is -0.615. The molecule has 1 aromatic rings. The Morgan fingerprint density at radius 3 is 2.40 bits per heavy atom. The first-order valence-corrected chi connectivity index (χ1v) is 6.98. The van der Waals surface area contributed by atoms with Crippen molar-refractivity contribution in [1.29, 1.82) is 0 Å². The maximum atomic E-state index is 12.4. The molecule has 0 aliphatic carbocycles. The van der Waals surface area contributed by atoms with Crippen LogP contribution < -0.4 is 0 Å². The second-order valence-corrected chi connectivity index (χ2v) is 6.56. The summed E-state index contributed by atoms with van der Waals surface area (Å²) in [6.45, 7) is 7.53. The molecular formula is C16H22NO3. The molecule has 1 heterocycles. The third kappa shape index (κ3) is 2.72. The molecule has 0 N–H and O–H groups in total. The van der Waals surface area contributed by atoms with Gasteiger partial charge < -0.3 is 4.74 Å². The predicted molar refractivity (Wildman–Crippen MR) is 75.6 cm³/mol. The van der Waals surface area contributed by atoms with E-state index in [2.05, 4.69) is 0 Å². The van der Waals surface area contributed by atoms with Crippen molar-refractivity contribution in [3.05, 3.63) is 35.9 Å². The predicted octanol–water partition coefficient (Wildman–Crippen LogP) is 3.21. The Kier molecular flexibility index (Phi) is 3.89. The summed E-state index contributed by atoms with van der Waals surface area (Å²) >= 11 is 0. The van der Waals surface area contributed by atoms with Crippen LogP contribution >= 0.6 is 0 Å². The van der Waals surface area contributed by atoms with E-state index in [0.29, 0.717) is 18.4 Å². The standard InChI is InChI=1S/C16H22NO3/c1-15(2)11-10-13(16(3,4)17(15)19)20-14(18)12-8-6-5-7-9-12/h5-9,13H,10-11H2,1-4H3. The van der Waals surface area contributed by atoms with Crippen molar-refractivity contribution in [3.63, 3.8) is 0 Å². The quantitative estimate of drug-likeness (QED) is 0.779. The number of hydroxylamine groups is 2. The lowest BCUT2D eigenvalue weighted by Crippen LogP contribution is -2.63. The molecule has 4 heteroatoms. The van der Waals surface area contributed by atoms with E-state index in [1.165, 1.54) is 0 Å². The Labute approximate surface area is 120 Å². The van der Waals surface area contributed by atoms with Crippen LogP contribution in [-0.2, 0) is 9.94 Å². The zero-order valence-corrected chi connectivity index (χ0v) is 12.6. The van der Waals surface area contributed by atoms with Crippen LogP contribution in [-0.4, -0.2) is 28.2 Å². The summed E-state index contributed by atoms with van der Waals surface area (Å²) in [6.07, 6.45) is 1.03. The van der Waals surface area contributed by atoms with E-state index in [9.17, 15) is 10.0 Å². The van der Waals surface area contributed by atoms with Crippen molar-refractivity contribution in [2.24, 2.45) is 0 Å². The summed E-state index contributed by atoms with van der Waals surface area (Å²) in [6, 6.07) is 8.88. The van der Waals surface area contributed by atoms with Crippen molar-refractivity contribution in [2.75, 3.05) is 0 Å². The molecule has 1 atom stereocenters. The molecule has 2 rings (SSSR count). The lowest BCUT2D eigenvalue weighted by molar-refractivity contribution is -0.308. The van der Waals surface area contributed by atoms with E-state index in [0.717, 1.165) is 5.06 Å². The number of piperidine rings is 1. The third-order valence-corrected chi connectivity index (χ3v) is 4.14. The van der Waals surface area contributed by atoms with Crippen molar-refractivity contribution < 1.29 is 14.7 Å². The zero-order valence-electron chi connectivity index (χ0n) is 12.6. The maximum Gasteiger partial charge on any atom is 0.338 e. The van der Waals surface area contributed by atoms with E-state index in [4.69, 9.17) is 4.74 Å². The minimum absolute atomic E-state index is 0.364. The molecule has 0 saturated carbocycles. The molecule has 1 aromatic carbocycles. The highest BCUT2D eigenvalue weighted by Gasteiger charge is 2.49. The highest BCUT2D eigenvalue weighted by Crippen LogP contribution is 2.38. The van der Waals surface area contributed by atoms with Crippen LogP contribution in [0.25, 0.3) is 0 Å². The number of ether oxygens (including phenoxy) is 1. The molecule has 1 aliphatic heterocycles. The maximum absolute atomic E-state index is 12.4. The monoisotopic (exact) mass is 276 g/mol. The fraction of sp³-hybridized carbons (Fsp3) is 0.562. The average Bonchev–Trinajstić information content (AvgIpc) is 2.41. The molecule has 1 radical (unpaired) electrons. The van der Waals surface area contributed by atoms with Crippen molar-refractivity contribution in [3.8, 4) is 0 Å². The largest absolute Gasteiger partial charge is 0.457 e. The van der Waals surface area contributed by atoms with Gasteiger partial charge in [-0.15, -0.1) is 10.3 Å². The number of carbonyl (C=O) groups is 1. The molecule has 0 amide bonds. The zero-order chi connectivity index (χ0) is 15.0. The lowest BCUT2D eigenvalue weighted by Gasteiger charge is -2.50. The molecular weight excluding hydrogens is 254 g/mol. The summed E-state index contributed by atoms with van der Waals surface area (Å²) in [5, 5.41) is 13.5. The average molecular weight is 276 g/mol. The van der Waals surface area contributed by atoms with E-state index >= 15 is 0 Å². The Hall–Kier alpha value is -1.39. The van der Waals surface area contributed by atoms with Gasteiger partial charge >= 0.3 is 5.97 Å². The molecule has 0 spiro atoms. The van der Waals surface area contributed by atoms with E-state index in [1.807, 2.05) is 33.8 Å². The van der Waals surface area contributed by atoms with Crippen LogP contribution in [0.15, 0.2) is 30.3 Å². The second-order valence-electron chi connectivity index (χ2n) is 6.56. The summed E-state index contributed by atoms with van der Waals surface area (Å²) in [5.74, 6) is -0.364. The van der Waals surface area contributed by atoms with Crippen LogP contribution in [0.2, 0.25) is 0 Å². The second kappa shape index (κ2) is 5.19. The van der Waals surface area contributed by atoms with Gasteiger partial charge in [0.05, 0.1) is 11.1 Å². The van der Waals surface area contributed by atoms with Crippen LogP contribution in [0.1, 0.15) is 50.9 Å². The van der Waals surface area contributed by atoms with Crippen LogP contribution in [0.4, 0.5) is 0 Å². The van der Waals surface area contributed by atoms with Crippen molar-refractivity contribution in [1.82, 2.24) is 5.06 Å². The number of hydrogen-bond acceptors (Lipinski definition) is 3. The first kappa shape index (κ1) is 15.0. The van der Waals surface area contributed by atoms with Gasteiger partial charge in [-0.25, -0.2) is 4.79 Å². The Morgan fingerprint density at radius 2 is 1.80 bits per heavy atom. The number of benzene rings is 1. The van der Waals surface area contributed by atoms with Gasteiger partial charge in [-0.05, 0) is 52.7 Å². The van der Waals surface area contributed by atoms with E-state index in [1.54, 1.807) is 24.3 Å². The molecule has 1 unspecified atom stereocenters. The van der Waals surface area contributed by atoms with Gasteiger partial charge in [-0.3, -0.25) is 0 Å². The summed E-state index contributed by atoms with van der Waals surface area (Å²) < 4.78 is 5.58. The fourth-order valence-corrected chi connectivity index (χ4v) is 2.82. The van der Waals surface area contributed by atoms with Gasteiger partial charge in [-0.2, -0.15) is 0 Å². The van der Waals surface area contributed by atoms with E-state index in [-0.39, 0.29) is 12.1 Å².